The maximum Gasteiger partial charge on any atom is 0.254 e. The summed E-state index contributed by atoms with van der Waals surface area (Å²) < 4.78 is 13.1. The van der Waals surface area contributed by atoms with Crippen LogP contribution in [0.15, 0.2) is 48.5 Å². The van der Waals surface area contributed by atoms with Gasteiger partial charge in [0.2, 0.25) is 5.91 Å². The Morgan fingerprint density at radius 3 is 2.27 bits per heavy atom. The highest BCUT2D eigenvalue weighted by molar-refractivity contribution is 5.98. The Balaban J connectivity index is 2.17. The molecule has 0 aliphatic rings. The molecule has 5 heteroatoms. The average Bonchev–Trinajstić information content (AvgIpc) is 2.60. The van der Waals surface area contributed by atoms with Crippen LogP contribution in [0.3, 0.4) is 0 Å². The van der Waals surface area contributed by atoms with Gasteiger partial charge in [-0.25, -0.2) is 4.39 Å². The summed E-state index contributed by atoms with van der Waals surface area (Å²) >= 11 is 0. The van der Waals surface area contributed by atoms with Crippen LogP contribution in [0.2, 0.25) is 0 Å². The lowest BCUT2D eigenvalue weighted by Crippen LogP contribution is -2.30. The molecule has 2 rings (SSSR count). The number of hydrogen-bond acceptors (Lipinski definition) is 2. The molecule has 2 aromatic rings. The monoisotopic (exact) mass is 356 g/mol. The van der Waals surface area contributed by atoms with Gasteiger partial charge in [-0.1, -0.05) is 39.0 Å². The zero-order chi connectivity index (χ0) is 19.5. The van der Waals surface area contributed by atoms with Gasteiger partial charge in [-0.2, -0.15) is 0 Å². The van der Waals surface area contributed by atoms with Crippen LogP contribution >= 0.6 is 0 Å². The normalized spacial score (nSPS) is 12.4. The highest BCUT2D eigenvalue weighted by atomic mass is 19.1. The Morgan fingerprint density at radius 2 is 1.69 bits per heavy atom. The van der Waals surface area contributed by atoms with E-state index in [4.69, 9.17) is 0 Å². The molecule has 0 fully saturated rings. The van der Waals surface area contributed by atoms with Gasteiger partial charge in [0.1, 0.15) is 5.82 Å². The van der Waals surface area contributed by atoms with Gasteiger partial charge in [-0.15, -0.1) is 0 Å². The van der Waals surface area contributed by atoms with Crippen molar-refractivity contribution in [2.75, 3.05) is 12.4 Å². The predicted molar refractivity (Wildman–Crippen MR) is 101 cm³/mol. The smallest absolute Gasteiger partial charge is 0.254 e. The van der Waals surface area contributed by atoms with E-state index in [0.29, 0.717) is 11.3 Å². The molecule has 0 radical (unpaired) electrons. The molecule has 0 spiro atoms. The fourth-order valence-electron chi connectivity index (χ4n) is 2.39. The number of anilines is 1. The van der Waals surface area contributed by atoms with Gasteiger partial charge in [-0.05, 0) is 42.8 Å². The van der Waals surface area contributed by atoms with E-state index in [1.807, 2.05) is 27.7 Å². The number of halogens is 1. The molecular weight excluding hydrogens is 331 g/mol. The molecule has 138 valence electrons. The SMILES string of the molecule is CC(c1ccc(F)cc1)N(C)C(=O)c1cccc(NC(=O)C(C)(C)C)c1. The van der Waals surface area contributed by atoms with Gasteiger partial charge in [-0.3, -0.25) is 9.59 Å². The van der Waals surface area contributed by atoms with Crippen LogP contribution in [0.1, 0.15) is 49.7 Å². The van der Waals surface area contributed by atoms with Crippen molar-refractivity contribution in [1.82, 2.24) is 4.90 Å². The van der Waals surface area contributed by atoms with E-state index < -0.39 is 5.41 Å². The van der Waals surface area contributed by atoms with Crippen molar-refractivity contribution in [3.63, 3.8) is 0 Å². The molecule has 0 heterocycles. The molecular formula is C21H25FN2O2. The topological polar surface area (TPSA) is 49.4 Å². The van der Waals surface area contributed by atoms with E-state index in [-0.39, 0.29) is 23.7 Å². The number of rotatable bonds is 4. The standard InChI is InChI=1S/C21H25FN2O2/c1-14(15-9-11-17(22)12-10-15)24(5)19(25)16-7-6-8-18(13-16)23-20(26)21(2,3)4/h6-14H,1-5H3,(H,23,26). The van der Waals surface area contributed by atoms with E-state index in [1.165, 1.54) is 12.1 Å². The highest BCUT2D eigenvalue weighted by Gasteiger charge is 2.22. The van der Waals surface area contributed by atoms with E-state index in [0.717, 1.165) is 5.56 Å². The molecule has 1 N–H and O–H groups in total. The summed E-state index contributed by atoms with van der Waals surface area (Å²) in [6, 6.07) is 12.8. The van der Waals surface area contributed by atoms with Crippen LogP contribution in [0.25, 0.3) is 0 Å². The zero-order valence-corrected chi connectivity index (χ0v) is 15.8. The quantitative estimate of drug-likeness (QED) is 0.867. The minimum atomic E-state index is -0.520. The van der Waals surface area contributed by atoms with E-state index in [9.17, 15) is 14.0 Å². The van der Waals surface area contributed by atoms with Crippen LogP contribution in [0.4, 0.5) is 10.1 Å². The van der Waals surface area contributed by atoms with Gasteiger partial charge < -0.3 is 10.2 Å². The Bertz CT molecular complexity index is 794. The first kappa shape index (κ1) is 19.6. The fraction of sp³-hybridized carbons (Fsp3) is 0.333. The minimum Gasteiger partial charge on any atom is -0.335 e. The first-order chi connectivity index (χ1) is 12.1. The van der Waals surface area contributed by atoms with Crippen LogP contribution in [0.5, 0.6) is 0 Å². The third kappa shape index (κ3) is 4.69. The molecule has 0 aliphatic carbocycles. The Labute approximate surface area is 154 Å². The van der Waals surface area contributed by atoms with Crippen LogP contribution < -0.4 is 5.32 Å². The molecule has 26 heavy (non-hydrogen) atoms. The van der Waals surface area contributed by atoms with Crippen molar-refractivity contribution >= 4 is 17.5 Å². The maximum atomic E-state index is 13.1. The number of carbonyl (C=O) groups is 2. The molecule has 0 saturated heterocycles. The second kappa shape index (κ2) is 7.68. The van der Waals surface area contributed by atoms with Crippen molar-refractivity contribution < 1.29 is 14.0 Å². The van der Waals surface area contributed by atoms with E-state index in [1.54, 1.807) is 48.3 Å². The molecule has 0 bridgehead atoms. The first-order valence-electron chi connectivity index (χ1n) is 8.54. The number of benzene rings is 2. The Kier molecular flexibility index (Phi) is 5.80. The Morgan fingerprint density at radius 1 is 1.08 bits per heavy atom. The van der Waals surface area contributed by atoms with Gasteiger partial charge in [0.15, 0.2) is 0 Å². The molecule has 0 aliphatic heterocycles. The van der Waals surface area contributed by atoms with E-state index >= 15 is 0 Å². The summed E-state index contributed by atoms with van der Waals surface area (Å²) in [5.74, 6) is -0.596. The Hall–Kier alpha value is -2.69. The highest BCUT2D eigenvalue weighted by Crippen LogP contribution is 2.23. The molecule has 0 saturated carbocycles. The zero-order valence-electron chi connectivity index (χ0n) is 15.8. The summed E-state index contributed by atoms with van der Waals surface area (Å²) in [5.41, 5.74) is 1.39. The number of nitrogens with zero attached hydrogens (tertiary/aromatic N) is 1. The second-order valence-electron chi connectivity index (χ2n) is 7.43. The average molecular weight is 356 g/mol. The number of amides is 2. The molecule has 0 aromatic heterocycles. The number of carbonyl (C=O) groups excluding carboxylic acids is 2. The first-order valence-corrected chi connectivity index (χ1v) is 8.54. The number of hydrogen-bond donors (Lipinski definition) is 1. The summed E-state index contributed by atoms with van der Waals surface area (Å²) in [7, 11) is 1.71. The molecule has 2 aromatic carbocycles. The fourth-order valence-corrected chi connectivity index (χ4v) is 2.39. The van der Waals surface area contributed by atoms with Crippen molar-refractivity contribution in [2.45, 2.75) is 33.7 Å². The van der Waals surface area contributed by atoms with Crippen molar-refractivity contribution in [2.24, 2.45) is 5.41 Å². The van der Waals surface area contributed by atoms with Gasteiger partial charge in [0.05, 0.1) is 6.04 Å². The number of nitrogens with one attached hydrogen (secondary N) is 1. The van der Waals surface area contributed by atoms with Crippen LogP contribution in [-0.4, -0.2) is 23.8 Å². The second-order valence-corrected chi connectivity index (χ2v) is 7.43. The van der Waals surface area contributed by atoms with Crippen molar-refractivity contribution in [3.05, 3.63) is 65.5 Å². The van der Waals surface area contributed by atoms with Crippen molar-refractivity contribution in [1.29, 1.82) is 0 Å². The largest absolute Gasteiger partial charge is 0.335 e. The molecule has 2 amide bonds. The van der Waals surface area contributed by atoms with Crippen LogP contribution in [-0.2, 0) is 4.79 Å². The molecule has 4 nitrogen and oxygen atoms in total. The lowest BCUT2D eigenvalue weighted by Gasteiger charge is -2.26. The summed E-state index contributed by atoms with van der Waals surface area (Å²) in [5, 5.41) is 2.83. The van der Waals surface area contributed by atoms with E-state index in [2.05, 4.69) is 5.32 Å². The van der Waals surface area contributed by atoms with Gasteiger partial charge in [0.25, 0.3) is 5.91 Å². The van der Waals surface area contributed by atoms with Gasteiger partial charge in [0, 0.05) is 23.7 Å². The lowest BCUT2D eigenvalue weighted by atomic mass is 9.95. The van der Waals surface area contributed by atoms with Crippen LogP contribution in [0, 0.1) is 11.2 Å². The molecule has 1 atom stereocenters. The maximum absolute atomic E-state index is 13.1. The summed E-state index contributed by atoms with van der Waals surface area (Å²) in [6.07, 6.45) is 0. The van der Waals surface area contributed by atoms with Gasteiger partial charge >= 0.3 is 0 Å². The lowest BCUT2D eigenvalue weighted by molar-refractivity contribution is -0.123. The predicted octanol–water partition coefficient (Wildman–Crippen LogP) is 4.64. The third-order valence-corrected chi connectivity index (χ3v) is 4.30. The third-order valence-electron chi connectivity index (χ3n) is 4.30. The van der Waals surface area contributed by atoms with Crippen molar-refractivity contribution in [3.8, 4) is 0 Å². The minimum absolute atomic E-state index is 0.116. The molecule has 1 unspecified atom stereocenters. The summed E-state index contributed by atoms with van der Waals surface area (Å²) in [6.45, 7) is 7.37. The summed E-state index contributed by atoms with van der Waals surface area (Å²) in [4.78, 5) is 26.5.